The summed E-state index contributed by atoms with van der Waals surface area (Å²) in [6, 6.07) is 4.95. The van der Waals surface area contributed by atoms with Gasteiger partial charge in [-0.15, -0.1) is 0 Å². The van der Waals surface area contributed by atoms with Gasteiger partial charge in [0.2, 0.25) is 0 Å². The lowest BCUT2D eigenvalue weighted by atomic mass is 9.85. The maximum absolute atomic E-state index is 14.4. The summed E-state index contributed by atoms with van der Waals surface area (Å²) in [5.41, 5.74) is -5.55. The summed E-state index contributed by atoms with van der Waals surface area (Å²) in [7, 11) is 0. The van der Waals surface area contributed by atoms with Gasteiger partial charge in [0, 0.05) is 17.3 Å². The molecule has 0 aromatic heterocycles. The second kappa shape index (κ2) is 5.67. The summed E-state index contributed by atoms with van der Waals surface area (Å²) in [6.07, 6.45) is -1.40. The van der Waals surface area contributed by atoms with E-state index >= 15 is 0 Å². The Morgan fingerprint density at radius 1 is 1.10 bits per heavy atom. The molecule has 0 fully saturated rings. The molecule has 20 heavy (non-hydrogen) atoms. The zero-order chi connectivity index (χ0) is 15.6. The molecular weight excluding hydrogens is 351 g/mol. The number of alkyl halides is 6. The Morgan fingerprint density at radius 3 is 2.00 bits per heavy atom. The lowest BCUT2D eigenvalue weighted by Gasteiger charge is -2.35. The topological polar surface area (TPSA) is 37.3 Å². The first-order chi connectivity index (χ1) is 9.11. The first-order valence-electron chi connectivity index (χ1n) is 5.40. The van der Waals surface area contributed by atoms with Crippen LogP contribution in [-0.4, -0.2) is 28.3 Å². The predicted octanol–water partition coefficient (Wildman–Crippen LogP) is 3.99. The highest BCUT2D eigenvalue weighted by Crippen LogP contribution is 2.51. The molecule has 0 saturated carbocycles. The quantitative estimate of drug-likeness (QED) is 0.615. The van der Waals surface area contributed by atoms with E-state index in [0.29, 0.717) is 0 Å². The Bertz CT molecular complexity index is 480. The molecule has 0 heterocycles. The largest absolute Gasteiger partial charge is 0.478 e. The molecule has 2 nitrogen and oxygen atoms in total. The predicted molar refractivity (Wildman–Crippen MR) is 65.2 cm³/mol. The molecule has 0 amide bonds. The van der Waals surface area contributed by atoms with Crippen LogP contribution < -0.4 is 0 Å². The Morgan fingerprint density at radius 2 is 1.60 bits per heavy atom. The van der Waals surface area contributed by atoms with Gasteiger partial charge in [0.1, 0.15) is 0 Å². The first-order valence-corrected chi connectivity index (χ1v) is 6.53. The lowest BCUT2D eigenvalue weighted by Crippen LogP contribution is -2.58. The Labute approximate surface area is 119 Å². The molecular formula is C12H10BrF5O2. The van der Waals surface area contributed by atoms with Crippen LogP contribution in [0.5, 0.6) is 0 Å². The molecule has 1 rings (SSSR count). The van der Waals surface area contributed by atoms with Crippen molar-refractivity contribution >= 4 is 21.9 Å². The number of carboxylic acid groups (broad SMARTS) is 1. The number of benzene rings is 1. The van der Waals surface area contributed by atoms with Gasteiger partial charge in [-0.1, -0.05) is 46.3 Å². The van der Waals surface area contributed by atoms with Gasteiger partial charge in [0.25, 0.3) is 0 Å². The van der Waals surface area contributed by atoms with Crippen LogP contribution in [0.2, 0.25) is 0 Å². The van der Waals surface area contributed by atoms with E-state index in [1.54, 1.807) is 0 Å². The summed E-state index contributed by atoms with van der Waals surface area (Å²) in [6.45, 7) is 0. The molecule has 112 valence electrons. The van der Waals surface area contributed by atoms with Crippen molar-refractivity contribution in [2.75, 3.05) is 5.33 Å². The third-order valence-electron chi connectivity index (χ3n) is 2.77. The Hall–Kier alpha value is -1.18. The fourth-order valence-corrected chi connectivity index (χ4v) is 2.13. The van der Waals surface area contributed by atoms with Gasteiger partial charge in [-0.3, -0.25) is 0 Å². The molecule has 0 spiro atoms. The second-order valence-corrected chi connectivity index (χ2v) is 4.84. The number of carboxylic acids is 1. The van der Waals surface area contributed by atoms with E-state index in [1.807, 2.05) is 0 Å². The van der Waals surface area contributed by atoms with Crippen LogP contribution in [0.25, 0.3) is 0 Å². The summed E-state index contributed by atoms with van der Waals surface area (Å²) < 4.78 is 69.0. The van der Waals surface area contributed by atoms with Gasteiger partial charge in [0.15, 0.2) is 0 Å². The number of aliphatic carboxylic acids is 1. The fourth-order valence-electron chi connectivity index (χ4n) is 1.63. The van der Waals surface area contributed by atoms with Crippen LogP contribution in [0.1, 0.15) is 12.0 Å². The van der Waals surface area contributed by atoms with Gasteiger partial charge in [-0.05, 0) is 0 Å². The highest BCUT2D eigenvalue weighted by atomic mass is 79.9. The monoisotopic (exact) mass is 360 g/mol. The minimum atomic E-state index is -5.40. The van der Waals surface area contributed by atoms with E-state index in [-0.39, 0.29) is 0 Å². The molecule has 8 heteroatoms. The third kappa shape index (κ3) is 2.53. The van der Waals surface area contributed by atoms with E-state index in [9.17, 15) is 26.7 Å². The Balaban J connectivity index is 3.44. The van der Waals surface area contributed by atoms with Crippen LogP contribution in [-0.2, 0) is 10.5 Å². The van der Waals surface area contributed by atoms with Crippen LogP contribution in [0, 0.1) is 0 Å². The SMILES string of the molecule is O=C(O)C(F)(c1ccccc1)C(F)(F)C(F)(F)CCBr. The van der Waals surface area contributed by atoms with Crippen molar-refractivity contribution in [3.05, 3.63) is 35.9 Å². The molecule has 1 unspecified atom stereocenters. The number of hydrogen-bond donors (Lipinski definition) is 1. The zero-order valence-electron chi connectivity index (χ0n) is 9.92. The normalized spacial score (nSPS) is 15.7. The van der Waals surface area contributed by atoms with E-state index in [4.69, 9.17) is 5.11 Å². The van der Waals surface area contributed by atoms with Crippen molar-refractivity contribution in [1.29, 1.82) is 0 Å². The number of carbonyl (C=O) groups is 1. The molecule has 1 aromatic rings. The molecule has 0 saturated heterocycles. The molecule has 0 radical (unpaired) electrons. The van der Waals surface area contributed by atoms with Gasteiger partial charge in [0.05, 0.1) is 0 Å². The summed E-state index contributed by atoms with van der Waals surface area (Å²) in [5.74, 6) is -12.9. The maximum atomic E-state index is 14.4. The third-order valence-corrected chi connectivity index (χ3v) is 3.16. The van der Waals surface area contributed by atoms with Gasteiger partial charge in [-0.25, -0.2) is 9.18 Å². The maximum Gasteiger partial charge on any atom is 0.358 e. The number of rotatable bonds is 6. The van der Waals surface area contributed by atoms with Crippen LogP contribution in [0.4, 0.5) is 22.0 Å². The highest BCUT2D eigenvalue weighted by molar-refractivity contribution is 9.09. The summed E-state index contributed by atoms with van der Waals surface area (Å²) >= 11 is 2.55. The van der Waals surface area contributed by atoms with Gasteiger partial charge in [-0.2, -0.15) is 17.6 Å². The highest BCUT2D eigenvalue weighted by Gasteiger charge is 2.73. The van der Waals surface area contributed by atoms with Crippen LogP contribution in [0.15, 0.2) is 30.3 Å². The average molecular weight is 361 g/mol. The van der Waals surface area contributed by atoms with Crippen molar-refractivity contribution in [1.82, 2.24) is 0 Å². The minimum absolute atomic E-state index is 0.528. The van der Waals surface area contributed by atoms with Crippen molar-refractivity contribution in [3.63, 3.8) is 0 Å². The lowest BCUT2D eigenvalue weighted by molar-refractivity contribution is -0.275. The molecule has 1 aromatic carbocycles. The summed E-state index contributed by atoms with van der Waals surface area (Å²) in [5, 5.41) is 8.23. The second-order valence-electron chi connectivity index (χ2n) is 4.05. The summed E-state index contributed by atoms with van der Waals surface area (Å²) in [4.78, 5) is 10.9. The number of hydrogen-bond acceptors (Lipinski definition) is 1. The molecule has 0 aliphatic heterocycles. The van der Waals surface area contributed by atoms with Crippen molar-refractivity contribution < 1.29 is 31.9 Å². The standard InChI is InChI=1S/C12H10BrF5O2/c13-7-6-10(14,15)12(17,18)11(16,9(19)20)8-4-2-1-3-5-8/h1-5H,6-7H2,(H,19,20). The van der Waals surface area contributed by atoms with Crippen LogP contribution in [0.3, 0.4) is 0 Å². The zero-order valence-corrected chi connectivity index (χ0v) is 11.5. The van der Waals surface area contributed by atoms with Crippen molar-refractivity contribution in [2.45, 2.75) is 23.9 Å². The van der Waals surface area contributed by atoms with Crippen molar-refractivity contribution in [2.24, 2.45) is 0 Å². The Kier molecular flexibility index (Phi) is 4.78. The van der Waals surface area contributed by atoms with E-state index in [2.05, 4.69) is 15.9 Å². The average Bonchev–Trinajstić information content (AvgIpc) is 2.38. The molecule has 1 N–H and O–H groups in total. The van der Waals surface area contributed by atoms with Crippen LogP contribution >= 0.6 is 15.9 Å². The number of halogens is 6. The minimum Gasteiger partial charge on any atom is -0.478 e. The molecule has 0 aliphatic rings. The molecule has 0 bridgehead atoms. The smallest absolute Gasteiger partial charge is 0.358 e. The van der Waals surface area contributed by atoms with Gasteiger partial charge < -0.3 is 5.11 Å². The fraction of sp³-hybridized carbons (Fsp3) is 0.417. The van der Waals surface area contributed by atoms with E-state index in [0.717, 1.165) is 24.3 Å². The first kappa shape index (κ1) is 16.9. The van der Waals surface area contributed by atoms with Crippen molar-refractivity contribution in [3.8, 4) is 0 Å². The van der Waals surface area contributed by atoms with E-state index < -0.39 is 40.8 Å². The molecule has 1 atom stereocenters. The van der Waals surface area contributed by atoms with E-state index in [1.165, 1.54) is 6.07 Å². The van der Waals surface area contributed by atoms with Gasteiger partial charge >= 0.3 is 23.5 Å². The molecule has 0 aliphatic carbocycles.